The summed E-state index contributed by atoms with van der Waals surface area (Å²) in [6, 6.07) is 10.8. The van der Waals surface area contributed by atoms with Crippen molar-refractivity contribution in [2.24, 2.45) is 11.8 Å². The number of benzene rings is 1. The minimum atomic E-state index is 0.834. The Morgan fingerprint density at radius 3 is 2.21 bits per heavy atom. The molecular weight excluding hydrogens is 168 g/mol. The van der Waals surface area contributed by atoms with E-state index < -0.39 is 0 Å². The lowest BCUT2D eigenvalue weighted by Crippen LogP contribution is -2.01. The molecular formula is C14H22. The van der Waals surface area contributed by atoms with Crippen LogP contribution in [0.5, 0.6) is 0 Å². The van der Waals surface area contributed by atoms with E-state index in [1.54, 1.807) is 0 Å². The van der Waals surface area contributed by atoms with E-state index >= 15 is 0 Å². The lowest BCUT2D eigenvalue weighted by molar-refractivity contribution is 0.415. The van der Waals surface area contributed by atoms with Gasteiger partial charge in [0.1, 0.15) is 0 Å². The van der Waals surface area contributed by atoms with Crippen LogP contribution in [0, 0.1) is 11.8 Å². The van der Waals surface area contributed by atoms with Crippen molar-refractivity contribution in [3.05, 3.63) is 35.9 Å². The highest BCUT2D eigenvalue weighted by Crippen LogP contribution is 2.17. The van der Waals surface area contributed by atoms with Crippen LogP contribution in [0.4, 0.5) is 0 Å². The van der Waals surface area contributed by atoms with Gasteiger partial charge in [-0.1, -0.05) is 51.1 Å². The average Bonchev–Trinajstić information content (AvgIpc) is 2.15. The Balaban J connectivity index is 2.27. The molecule has 78 valence electrons. The summed E-state index contributed by atoms with van der Waals surface area (Å²) in [6.07, 6.45) is 3.91. The van der Waals surface area contributed by atoms with E-state index in [9.17, 15) is 0 Å². The van der Waals surface area contributed by atoms with Crippen molar-refractivity contribution in [3.63, 3.8) is 0 Å². The summed E-state index contributed by atoms with van der Waals surface area (Å²) < 4.78 is 0. The van der Waals surface area contributed by atoms with Crippen LogP contribution in [0.2, 0.25) is 0 Å². The summed E-state index contributed by atoms with van der Waals surface area (Å²) in [5.41, 5.74) is 1.48. The third-order valence-corrected chi connectivity index (χ3v) is 2.64. The Hall–Kier alpha value is -0.780. The summed E-state index contributed by atoms with van der Waals surface area (Å²) in [5, 5.41) is 0. The topological polar surface area (TPSA) is 0 Å². The molecule has 0 nitrogen and oxygen atoms in total. The van der Waals surface area contributed by atoms with Gasteiger partial charge in [0, 0.05) is 0 Å². The lowest BCUT2D eigenvalue weighted by atomic mass is 9.93. The Bertz CT molecular complexity index is 235. The van der Waals surface area contributed by atoms with Gasteiger partial charge in [-0.15, -0.1) is 0 Å². The van der Waals surface area contributed by atoms with Crippen molar-refractivity contribution in [1.29, 1.82) is 0 Å². The molecule has 0 saturated carbocycles. The van der Waals surface area contributed by atoms with Gasteiger partial charge >= 0.3 is 0 Å². The maximum atomic E-state index is 2.36. The second-order valence-corrected chi connectivity index (χ2v) is 4.76. The highest BCUT2D eigenvalue weighted by molar-refractivity contribution is 5.14. The molecule has 1 aromatic rings. The summed E-state index contributed by atoms with van der Waals surface area (Å²) in [5.74, 6) is 1.69. The SMILES string of the molecule is CC(C)C[C@H](C)CCc1ccccc1. The monoisotopic (exact) mass is 190 g/mol. The Morgan fingerprint density at radius 1 is 1.00 bits per heavy atom. The fraction of sp³-hybridized carbons (Fsp3) is 0.571. The Morgan fingerprint density at radius 2 is 1.64 bits per heavy atom. The highest BCUT2D eigenvalue weighted by Gasteiger charge is 2.04. The predicted molar refractivity (Wildman–Crippen MR) is 63.4 cm³/mol. The van der Waals surface area contributed by atoms with Crippen LogP contribution in [0.1, 0.15) is 39.2 Å². The maximum absolute atomic E-state index is 2.36. The fourth-order valence-corrected chi connectivity index (χ4v) is 1.98. The van der Waals surface area contributed by atoms with E-state index in [1.165, 1.54) is 24.8 Å². The first-order chi connectivity index (χ1) is 6.68. The number of hydrogen-bond acceptors (Lipinski definition) is 0. The second kappa shape index (κ2) is 5.85. The summed E-state index contributed by atoms with van der Waals surface area (Å²) in [6.45, 7) is 6.97. The first-order valence-corrected chi connectivity index (χ1v) is 5.72. The molecule has 0 N–H and O–H groups in total. The molecule has 0 aliphatic rings. The van der Waals surface area contributed by atoms with Gasteiger partial charge in [0.25, 0.3) is 0 Å². The fourth-order valence-electron chi connectivity index (χ4n) is 1.98. The van der Waals surface area contributed by atoms with Gasteiger partial charge in [0.2, 0.25) is 0 Å². The summed E-state index contributed by atoms with van der Waals surface area (Å²) in [7, 11) is 0. The van der Waals surface area contributed by atoms with Crippen LogP contribution in [0.3, 0.4) is 0 Å². The second-order valence-electron chi connectivity index (χ2n) is 4.76. The van der Waals surface area contributed by atoms with Crippen LogP contribution < -0.4 is 0 Å². The van der Waals surface area contributed by atoms with Crippen LogP contribution in [0.15, 0.2) is 30.3 Å². The van der Waals surface area contributed by atoms with E-state index in [0.717, 1.165) is 11.8 Å². The third kappa shape index (κ3) is 4.45. The van der Waals surface area contributed by atoms with Gasteiger partial charge < -0.3 is 0 Å². The minimum absolute atomic E-state index is 0.834. The minimum Gasteiger partial charge on any atom is -0.0628 e. The number of aryl methyl sites for hydroxylation is 1. The van der Waals surface area contributed by atoms with Gasteiger partial charge in [0.15, 0.2) is 0 Å². The van der Waals surface area contributed by atoms with Crippen LogP contribution in [0.25, 0.3) is 0 Å². The van der Waals surface area contributed by atoms with Crippen molar-refractivity contribution in [1.82, 2.24) is 0 Å². The first-order valence-electron chi connectivity index (χ1n) is 5.72. The van der Waals surface area contributed by atoms with Crippen molar-refractivity contribution in [2.45, 2.75) is 40.0 Å². The molecule has 0 fully saturated rings. The molecule has 0 aromatic heterocycles. The van der Waals surface area contributed by atoms with Gasteiger partial charge in [0.05, 0.1) is 0 Å². The van der Waals surface area contributed by atoms with E-state index in [0.29, 0.717) is 0 Å². The molecule has 0 spiro atoms. The molecule has 14 heavy (non-hydrogen) atoms. The quantitative estimate of drug-likeness (QED) is 0.649. The zero-order chi connectivity index (χ0) is 10.4. The zero-order valence-corrected chi connectivity index (χ0v) is 9.66. The summed E-state index contributed by atoms with van der Waals surface area (Å²) >= 11 is 0. The van der Waals surface area contributed by atoms with Gasteiger partial charge in [-0.3, -0.25) is 0 Å². The van der Waals surface area contributed by atoms with Crippen molar-refractivity contribution >= 4 is 0 Å². The van der Waals surface area contributed by atoms with Crippen LogP contribution in [-0.2, 0) is 6.42 Å². The van der Waals surface area contributed by atoms with Gasteiger partial charge in [-0.2, -0.15) is 0 Å². The molecule has 0 bridgehead atoms. The molecule has 0 saturated heterocycles. The Kier molecular flexibility index (Phi) is 4.72. The smallest absolute Gasteiger partial charge is 0.0276 e. The number of rotatable bonds is 5. The standard InChI is InChI=1S/C14H22/c1-12(2)11-13(3)9-10-14-7-5-4-6-8-14/h4-8,12-13H,9-11H2,1-3H3/t13-/m1/s1. The molecule has 0 aliphatic heterocycles. The zero-order valence-electron chi connectivity index (χ0n) is 9.66. The summed E-state index contributed by atoms with van der Waals surface area (Å²) in [4.78, 5) is 0. The maximum Gasteiger partial charge on any atom is -0.0276 e. The largest absolute Gasteiger partial charge is 0.0628 e. The average molecular weight is 190 g/mol. The molecule has 0 aliphatic carbocycles. The van der Waals surface area contributed by atoms with E-state index in [4.69, 9.17) is 0 Å². The normalized spacial score (nSPS) is 13.1. The molecule has 0 heteroatoms. The molecule has 1 aromatic carbocycles. The highest BCUT2D eigenvalue weighted by atomic mass is 14.1. The first kappa shape index (κ1) is 11.3. The predicted octanol–water partition coefficient (Wildman–Crippen LogP) is 4.30. The molecule has 0 heterocycles. The van der Waals surface area contributed by atoms with Gasteiger partial charge in [-0.05, 0) is 36.7 Å². The van der Waals surface area contributed by atoms with E-state index in [1.807, 2.05) is 0 Å². The lowest BCUT2D eigenvalue weighted by Gasteiger charge is -2.13. The van der Waals surface area contributed by atoms with Crippen molar-refractivity contribution in [3.8, 4) is 0 Å². The number of hydrogen-bond donors (Lipinski definition) is 0. The molecule has 1 atom stereocenters. The van der Waals surface area contributed by atoms with Gasteiger partial charge in [-0.25, -0.2) is 0 Å². The van der Waals surface area contributed by atoms with Crippen molar-refractivity contribution in [2.75, 3.05) is 0 Å². The molecule has 0 unspecified atom stereocenters. The van der Waals surface area contributed by atoms with E-state index in [2.05, 4.69) is 51.1 Å². The van der Waals surface area contributed by atoms with Crippen molar-refractivity contribution < 1.29 is 0 Å². The van der Waals surface area contributed by atoms with Crippen LogP contribution >= 0.6 is 0 Å². The molecule has 0 radical (unpaired) electrons. The Labute approximate surface area is 88.4 Å². The molecule has 0 amide bonds. The van der Waals surface area contributed by atoms with Crippen LogP contribution in [-0.4, -0.2) is 0 Å². The molecule has 1 rings (SSSR count). The third-order valence-electron chi connectivity index (χ3n) is 2.64. The van der Waals surface area contributed by atoms with E-state index in [-0.39, 0.29) is 0 Å².